The maximum Gasteiger partial charge on any atom is 0.0897 e. The first kappa shape index (κ1) is 13.5. The number of hydrogen-bond acceptors (Lipinski definition) is 3. The van der Waals surface area contributed by atoms with Crippen molar-refractivity contribution in [2.45, 2.75) is 19.8 Å². The molecule has 0 amide bonds. The molecule has 0 aliphatic rings. The Morgan fingerprint density at radius 1 is 1.39 bits per heavy atom. The molecule has 2 aromatic rings. The number of thiazole rings is 1. The van der Waals surface area contributed by atoms with Crippen LogP contribution in [0.15, 0.2) is 29.6 Å². The van der Waals surface area contributed by atoms with Gasteiger partial charge in [-0.1, -0.05) is 23.7 Å². The van der Waals surface area contributed by atoms with Crippen LogP contribution in [-0.4, -0.2) is 16.7 Å². The number of aliphatic hydroxyl groups excluding tert-OH is 1. The van der Waals surface area contributed by atoms with Crippen molar-refractivity contribution < 1.29 is 5.11 Å². The van der Waals surface area contributed by atoms with Crippen molar-refractivity contribution in [2.24, 2.45) is 5.92 Å². The Balaban J connectivity index is 2.01. The molecule has 96 valence electrons. The number of benzene rings is 1. The minimum atomic E-state index is 0.170. The minimum absolute atomic E-state index is 0.170. The van der Waals surface area contributed by atoms with E-state index in [0.29, 0.717) is 0 Å². The van der Waals surface area contributed by atoms with Gasteiger partial charge in [-0.2, -0.15) is 0 Å². The molecule has 2 rings (SSSR count). The first-order chi connectivity index (χ1) is 8.67. The topological polar surface area (TPSA) is 33.1 Å². The molecular formula is C14H16ClNOS. The fourth-order valence-corrected chi connectivity index (χ4v) is 2.83. The second-order valence-corrected chi connectivity index (χ2v) is 5.94. The molecule has 0 aliphatic heterocycles. The monoisotopic (exact) mass is 281 g/mol. The van der Waals surface area contributed by atoms with Gasteiger partial charge in [0.15, 0.2) is 0 Å². The lowest BCUT2D eigenvalue weighted by Crippen LogP contribution is -2.13. The average molecular weight is 282 g/mol. The Hall–Kier alpha value is -0.900. The van der Waals surface area contributed by atoms with Gasteiger partial charge < -0.3 is 5.11 Å². The van der Waals surface area contributed by atoms with Crippen LogP contribution in [0.2, 0.25) is 5.02 Å². The van der Waals surface area contributed by atoms with Crippen molar-refractivity contribution in [2.75, 3.05) is 6.61 Å². The number of aliphatic hydroxyl groups is 1. The van der Waals surface area contributed by atoms with E-state index < -0.39 is 0 Å². The lowest BCUT2D eigenvalue weighted by Gasteiger charge is -2.13. The van der Waals surface area contributed by atoms with E-state index in [1.54, 1.807) is 11.3 Å². The van der Waals surface area contributed by atoms with Crippen molar-refractivity contribution in [3.63, 3.8) is 0 Å². The van der Waals surface area contributed by atoms with Crippen LogP contribution < -0.4 is 0 Å². The van der Waals surface area contributed by atoms with Gasteiger partial charge in [0, 0.05) is 17.0 Å². The fourth-order valence-electron chi connectivity index (χ4n) is 2.00. The van der Waals surface area contributed by atoms with Crippen LogP contribution in [0.25, 0.3) is 0 Å². The molecule has 0 saturated heterocycles. The van der Waals surface area contributed by atoms with Gasteiger partial charge in [0.25, 0.3) is 0 Å². The number of halogens is 1. The van der Waals surface area contributed by atoms with E-state index in [1.165, 1.54) is 0 Å². The minimum Gasteiger partial charge on any atom is -0.396 e. The van der Waals surface area contributed by atoms with E-state index in [4.69, 9.17) is 11.6 Å². The number of aromatic nitrogens is 1. The molecule has 0 bridgehead atoms. The zero-order chi connectivity index (χ0) is 13.0. The molecule has 1 unspecified atom stereocenters. The van der Waals surface area contributed by atoms with Crippen molar-refractivity contribution in [3.05, 3.63) is 50.9 Å². The number of aryl methyl sites for hydroxylation is 1. The normalized spacial score (nSPS) is 12.6. The summed E-state index contributed by atoms with van der Waals surface area (Å²) in [4.78, 5) is 4.44. The maximum atomic E-state index is 9.47. The van der Waals surface area contributed by atoms with E-state index in [1.807, 2.05) is 31.2 Å². The molecule has 4 heteroatoms. The van der Waals surface area contributed by atoms with Crippen LogP contribution in [0, 0.1) is 12.8 Å². The smallest absolute Gasteiger partial charge is 0.0897 e. The predicted octanol–water partition coefficient (Wildman–Crippen LogP) is 3.50. The first-order valence-corrected chi connectivity index (χ1v) is 7.19. The molecule has 1 aromatic carbocycles. The summed E-state index contributed by atoms with van der Waals surface area (Å²) in [5, 5.41) is 13.4. The van der Waals surface area contributed by atoms with Crippen LogP contribution in [-0.2, 0) is 12.8 Å². The molecule has 2 nitrogen and oxygen atoms in total. The molecule has 0 fully saturated rings. The van der Waals surface area contributed by atoms with Crippen molar-refractivity contribution in [1.82, 2.24) is 4.98 Å². The van der Waals surface area contributed by atoms with E-state index >= 15 is 0 Å². The third-order valence-electron chi connectivity index (χ3n) is 2.84. The molecule has 0 radical (unpaired) electrons. The van der Waals surface area contributed by atoms with Gasteiger partial charge in [0.1, 0.15) is 0 Å². The molecule has 1 atom stereocenters. The summed E-state index contributed by atoms with van der Waals surface area (Å²) >= 11 is 7.61. The predicted molar refractivity (Wildman–Crippen MR) is 76.3 cm³/mol. The summed E-state index contributed by atoms with van der Waals surface area (Å²) in [6.07, 6.45) is 1.64. The summed E-state index contributed by atoms with van der Waals surface area (Å²) in [6.45, 7) is 2.17. The van der Waals surface area contributed by atoms with Crippen LogP contribution in [0.5, 0.6) is 0 Å². The highest BCUT2D eigenvalue weighted by molar-refractivity contribution is 7.09. The van der Waals surface area contributed by atoms with Crippen LogP contribution in [0.4, 0.5) is 0 Å². The molecule has 0 spiro atoms. The second kappa shape index (κ2) is 6.32. The fraction of sp³-hybridized carbons (Fsp3) is 0.357. The summed E-state index contributed by atoms with van der Waals surface area (Å²) < 4.78 is 0. The molecular weight excluding hydrogens is 266 g/mol. The lowest BCUT2D eigenvalue weighted by atomic mass is 9.96. The third-order valence-corrected chi connectivity index (χ3v) is 3.89. The summed E-state index contributed by atoms with van der Waals surface area (Å²) in [7, 11) is 0. The van der Waals surface area contributed by atoms with Gasteiger partial charge in [-0.05, 0) is 43.4 Å². The zero-order valence-corrected chi connectivity index (χ0v) is 11.8. The van der Waals surface area contributed by atoms with Crippen molar-refractivity contribution in [3.8, 4) is 0 Å². The molecule has 1 N–H and O–H groups in total. The quantitative estimate of drug-likeness (QED) is 0.910. The van der Waals surface area contributed by atoms with Crippen LogP contribution >= 0.6 is 22.9 Å². The van der Waals surface area contributed by atoms with E-state index in [0.717, 1.165) is 34.1 Å². The Kier molecular flexibility index (Phi) is 4.75. The van der Waals surface area contributed by atoms with Gasteiger partial charge in [0.05, 0.1) is 10.7 Å². The molecule has 0 aliphatic carbocycles. The molecule has 0 saturated carbocycles. The Morgan fingerprint density at radius 3 is 2.83 bits per heavy atom. The Morgan fingerprint density at radius 2 is 2.22 bits per heavy atom. The van der Waals surface area contributed by atoms with E-state index in [9.17, 15) is 5.11 Å². The summed E-state index contributed by atoms with van der Waals surface area (Å²) in [5.41, 5.74) is 2.23. The third kappa shape index (κ3) is 3.80. The second-order valence-electron chi connectivity index (χ2n) is 4.44. The highest BCUT2D eigenvalue weighted by atomic mass is 35.5. The largest absolute Gasteiger partial charge is 0.396 e. The van der Waals surface area contributed by atoms with E-state index in [2.05, 4.69) is 10.4 Å². The zero-order valence-electron chi connectivity index (χ0n) is 10.3. The van der Waals surface area contributed by atoms with Crippen LogP contribution in [0.1, 0.15) is 16.3 Å². The summed E-state index contributed by atoms with van der Waals surface area (Å²) in [6, 6.07) is 7.80. The summed E-state index contributed by atoms with van der Waals surface area (Å²) in [5.74, 6) is 0.199. The average Bonchev–Trinajstić information content (AvgIpc) is 2.74. The van der Waals surface area contributed by atoms with Gasteiger partial charge in [-0.3, -0.25) is 0 Å². The first-order valence-electron chi connectivity index (χ1n) is 5.93. The maximum absolute atomic E-state index is 9.47. The van der Waals surface area contributed by atoms with E-state index in [-0.39, 0.29) is 12.5 Å². The van der Waals surface area contributed by atoms with Crippen molar-refractivity contribution >= 4 is 22.9 Å². The Labute approximate surface area is 116 Å². The van der Waals surface area contributed by atoms with Gasteiger partial charge in [-0.25, -0.2) is 4.98 Å². The highest BCUT2D eigenvalue weighted by Gasteiger charge is 2.11. The van der Waals surface area contributed by atoms with Gasteiger partial charge >= 0.3 is 0 Å². The number of hydrogen-bond donors (Lipinski definition) is 1. The Bertz CT molecular complexity index is 512. The lowest BCUT2D eigenvalue weighted by molar-refractivity contribution is 0.224. The molecule has 18 heavy (non-hydrogen) atoms. The highest BCUT2D eigenvalue weighted by Crippen LogP contribution is 2.18. The number of rotatable bonds is 5. The van der Waals surface area contributed by atoms with Gasteiger partial charge in [0.2, 0.25) is 0 Å². The SMILES string of the molecule is Cc1nc(CC(CO)Cc2cccc(Cl)c2)cs1. The number of nitrogens with zero attached hydrogens (tertiary/aromatic N) is 1. The van der Waals surface area contributed by atoms with Crippen LogP contribution in [0.3, 0.4) is 0 Å². The molecule has 1 aromatic heterocycles. The van der Waals surface area contributed by atoms with Gasteiger partial charge in [-0.15, -0.1) is 11.3 Å². The molecule has 1 heterocycles. The standard InChI is InChI=1S/C14H16ClNOS/c1-10-16-14(9-18-10)7-12(8-17)5-11-3-2-4-13(15)6-11/h2-4,6,9,12,17H,5,7-8H2,1H3. The van der Waals surface area contributed by atoms with Crippen molar-refractivity contribution in [1.29, 1.82) is 0 Å².